The first kappa shape index (κ1) is 85.4. The van der Waals surface area contributed by atoms with Crippen molar-refractivity contribution in [3.63, 3.8) is 0 Å². The van der Waals surface area contributed by atoms with Crippen molar-refractivity contribution in [2.24, 2.45) is 0 Å². The van der Waals surface area contributed by atoms with Crippen molar-refractivity contribution in [1.29, 1.82) is 0 Å². The molecule has 0 fully saturated rings. The van der Waals surface area contributed by atoms with E-state index < -0.39 is 7.14 Å². The molecule has 142 heavy (non-hydrogen) atoms. The van der Waals surface area contributed by atoms with Gasteiger partial charge in [0.2, 0.25) is 0 Å². The van der Waals surface area contributed by atoms with Gasteiger partial charge in [0.05, 0.1) is 55.7 Å². The minimum Gasteiger partial charge on any atom is -0.309 e. The van der Waals surface area contributed by atoms with E-state index in [1.54, 1.807) is 0 Å². The summed E-state index contributed by atoms with van der Waals surface area (Å²) >= 11 is 0. The molecule has 6 nitrogen and oxygen atoms in total. The van der Waals surface area contributed by atoms with Crippen LogP contribution in [0.25, 0.3) is 232 Å². The maximum atomic E-state index is 14.9. The molecule has 0 N–H and O–H groups in total. The van der Waals surface area contributed by atoms with Crippen molar-refractivity contribution >= 4 is 132 Å². The molecule has 5 heterocycles. The van der Waals surface area contributed by atoms with Gasteiger partial charge in [0.25, 0.3) is 0 Å². The molecule has 0 saturated heterocycles. The van der Waals surface area contributed by atoms with Crippen molar-refractivity contribution < 1.29 is 4.57 Å². The van der Waals surface area contributed by atoms with E-state index in [0.29, 0.717) is 0 Å². The summed E-state index contributed by atoms with van der Waals surface area (Å²) in [6, 6.07) is 193. The Bertz CT molecular complexity index is 9430. The molecule has 0 atom stereocenters. The second-order valence-corrected chi connectivity index (χ2v) is 39.1. The van der Waals surface area contributed by atoms with Crippen LogP contribution in [0.4, 0.5) is 0 Å². The smallest absolute Gasteiger partial charge is 0.171 e. The second kappa shape index (κ2) is 37.0. The third kappa shape index (κ3) is 15.9. The Morgan fingerprint density at radius 3 is 0.782 bits per heavy atom. The quantitative estimate of drug-likeness (QED) is 0.0758. The summed E-state index contributed by atoms with van der Waals surface area (Å²) in [4.78, 5) is 15.4. The number of aromatic nitrogens is 5. The molecule has 5 aromatic heterocycles. The van der Waals surface area contributed by atoms with Crippen LogP contribution in [0.2, 0.25) is 0 Å². The largest absolute Gasteiger partial charge is 0.309 e. The first-order valence-electron chi connectivity index (χ1n) is 48.3. The minimum absolute atomic E-state index is 0.823. The highest BCUT2D eigenvalue weighted by molar-refractivity contribution is 7.85. The zero-order valence-corrected chi connectivity index (χ0v) is 78.4. The van der Waals surface area contributed by atoms with E-state index in [2.05, 4.69) is 476 Å². The van der Waals surface area contributed by atoms with Gasteiger partial charge < -0.3 is 13.7 Å². The number of benzene rings is 22. The normalized spacial score (nSPS) is 11.5. The molecular weight excluding hydrogens is 1740 g/mol. The lowest BCUT2D eigenvalue weighted by Gasteiger charge is -2.20. The van der Waals surface area contributed by atoms with Gasteiger partial charge in [-0.15, -0.1) is 0 Å². The van der Waals surface area contributed by atoms with Crippen LogP contribution in [0.1, 0.15) is 0 Å². The third-order valence-corrected chi connectivity index (χ3v) is 31.0. The predicted octanol–water partition coefficient (Wildman–Crippen LogP) is 34.7. The van der Waals surface area contributed by atoms with E-state index in [1.807, 2.05) is 78.9 Å². The van der Waals surface area contributed by atoms with Crippen LogP contribution >= 0.6 is 7.14 Å². The highest BCUT2D eigenvalue weighted by atomic mass is 31.2. The van der Waals surface area contributed by atoms with Crippen molar-refractivity contribution in [3.8, 4) is 123 Å². The Hall–Kier alpha value is -18.3. The van der Waals surface area contributed by atoms with Crippen LogP contribution in [0.15, 0.2) is 546 Å². The SMILES string of the molecule is O=P(c1ccccc1)(c1ccccc1)c1ccc(-c2cccc(-c3cc(-c4ccccc4)nc4ccc5ccccc5c34)c2)cc1.c1ccc(-c2cc(-c3cccc(-c4ccc(-c5ccc6c(c5)c5ccccc5n6-c5ccccc5)cc4)c3)c3c(ccc4ccccc43)n2)cc1.c1ccc(-c2cc(-c3cccc(-c4ccc(-n5c6ccccc6c6ccccc65)cc4)c3)c3c(ccc4ccccc43)n2)cc1. The summed E-state index contributed by atoms with van der Waals surface area (Å²) in [5.41, 5.74) is 32.8. The maximum Gasteiger partial charge on any atom is 0.171 e. The van der Waals surface area contributed by atoms with E-state index >= 15 is 0 Å². The molecule has 27 rings (SSSR count). The molecule has 0 amide bonds. The van der Waals surface area contributed by atoms with Gasteiger partial charge in [-0.05, 0) is 219 Å². The highest BCUT2D eigenvalue weighted by Crippen LogP contribution is 2.47. The zero-order valence-electron chi connectivity index (χ0n) is 77.6. The Morgan fingerprint density at radius 2 is 0.415 bits per heavy atom. The fourth-order valence-corrected chi connectivity index (χ4v) is 23.7. The van der Waals surface area contributed by atoms with Crippen LogP contribution < -0.4 is 15.9 Å². The highest BCUT2D eigenvalue weighted by Gasteiger charge is 2.30. The molecule has 0 unspecified atom stereocenters. The summed E-state index contributed by atoms with van der Waals surface area (Å²) in [7, 11) is -3.04. The fourth-order valence-electron chi connectivity index (χ4n) is 21.0. The van der Waals surface area contributed by atoms with E-state index in [0.717, 1.165) is 99.6 Å². The van der Waals surface area contributed by atoms with Crippen molar-refractivity contribution in [2.75, 3.05) is 0 Å². The topological polar surface area (TPSA) is 65.6 Å². The third-order valence-electron chi connectivity index (χ3n) is 27.9. The Balaban J connectivity index is 0.000000112. The molecule has 0 aliphatic carbocycles. The monoisotopic (exact) mass is 1830 g/mol. The predicted molar refractivity (Wildman–Crippen MR) is 600 cm³/mol. The average Bonchev–Trinajstić information content (AvgIpc) is 1.45. The van der Waals surface area contributed by atoms with Gasteiger partial charge >= 0.3 is 0 Å². The first-order chi connectivity index (χ1) is 70.3. The standard InChI is InChI=1S/C49H32N2.C43H28N2.C43H30NOP/c1-3-13-36(14-4-1)46-32-43(49-41-19-8-7-12-35(41)26-28-45(49)50-46)39-16-11-15-37(30-39)33-22-24-34(25-23-33)38-27-29-48-44(31-38)42-20-9-10-21-47(42)51(48)40-17-5-2-6-18-40;1-2-12-31(13-3-1)40-28-38(43-35-16-5-4-11-30(35)23-26-39(43)44-40)33-15-10-14-32(27-33)29-21-24-34(25-22-29)45-41-19-8-6-17-36(41)37-18-7-9-20-42(37)45;45-46(36-18-6-2-7-19-36,37-20-8-3-9-21-37)38-26-23-31(24-27-38)34-16-12-17-35(29-34)40-30-42(33-14-4-1-5-15-33)44-41-28-25-32-13-10-11-22-39(32)43(40)41/h1-32H;1-28H;1-30H. The van der Waals surface area contributed by atoms with Crippen LogP contribution in [0, 0.1) is 0 Å². The lowest BCUT2D eigenvalue weighted by Crippen LogP contribution is -2.24. The van der Waals surface area contributed by atoms with Crippen LogP contribution in [0.5, 0.6) is 0 Å². The van der Waals surface area contributed by atoms with E-state index in [4.69, 9.17) is 15.0 Å². The molecule has 27 aromatic rings. The minimum atomic E-state index is -3.04. The molecular formula is C135H90N5OP. The molecule has 0 bridgehead atoms. The van der Waals surface area contributed by atoms with Crippen LogP contribution in [-0.4, -0.2) is 24.1 Å². The van der Waals surface area contributed by atoms with E-state index in [1.165, 1.54) is 148 Å². The summed E-state index contributed by atoms with van der Waals surface area (Å²) in [6.07, 6.45) is 0. The lowest BCUT2D eigenvalue weighted by atomic mass is 9.92. The molecule has 666 valence electrons. The van der Waals surface area contributed by atoms with E-state index in [9.17, 15) is 4.57 Å². The van der Waals surface area contributed by atoms with E-state index in [-0.39, 0.29) is 0 Å². The van der Waals surface area contributed by atoms with Crippen molar-refractivity contribution in [1.82, 2.24) is 24.1 Å². The second-order valence-electron chi connectivity index (χ2n) is 36.3. The average molecular weight is 1830 g/mol. The lowest BCUT2D eigenvalue weighted by molar-refractivity contribution is 0.592. The Kier molecular flexibility index (Phi) is 22.2. The zero-order chi connectivity index (χ0) is 94.4. The molecule has 0 aliphatic heterocycles. The van der Waals surface area contributed by atoms with Gasteiger partial charge in [-0.1, -0.05) is 437 Å². The fraction of sp³-hybridized carbons (Fsp3) is 0. The van der Waals surface area contributed by atoms with Crippen molar-refractivity contribution in [3.05, 3.63) is 546 Å². The molecule has 0 aliphatic rings. The number of nitrogens with zero attached hydrogens (tertiary/aromatic N) is 5. The number of pyridine rings is 3. The number of hydrogen-bond donors (Lipinski definition) is 0. The Morgan fingerprint density at radius 1 is 0.162 bits per heavy atom. The van der Waals surface area contributed by atoms with Crippen molar-refractivity contribution in [2.45, 2.75) is 0 Å². The Labute approximate surface area is 823 Å². The van der Waals surface area contributed by atoms with Gasteiger partial charge in [0, 0.05) is 81.7 Å². The number of para-hydroxylation sites is 4. The number of hydrogen-bond acceptors (Lipinski definition) is 4. The summed E-state index contributed by atoms with van der Waals surface area (Å²) in [5.74, 6) is 0. The molecule has 0 radical (unpaired) electrons. The summed E-state index contributed by atoms with van der Waals surface area (Å²) in [6.45, 7) is 0. The molecule has 0 spiro atoms. The number of rotatable bonds is 15. The summed E-state index contributed by atoms with van der Waals surface area (Å²) < 4.78 is 19.6. The van der Waals surface area contributed by atoms with Gasteiger partial charge in [0.1, 0.15) is 0 Å². The first-order valence-corrected chi connectivity index (χ1v) is 50.1. The molecule has 7 heteroatoms. The number of fused-ring (bicyclic) bond motifs is 15. The van der Waals surface area contributed by atoms with Crippen LogP contribution in [0.3, 0.4) is 0 Å². The molecule has 22 aromatic carbocycles. The molecule has 0 saturated carbocycles. The van der Waals surface area contributed by atoms with Gasteiger partial charge in [-0.3, -0.25) is 0 Å². The maximum absolute atomic E-state index is 14.9. The van der Waals surface area contributed by atoms with Gasteiger partial charge in [-0.2, -0.15) is 0 Å². The van der Waals surface area contributed by atoms with Gasteiger partial charge in [0.15, 0.2) is 7.14 Å². The van der Waals surface area contributed by atoms with Gasteiger partial charge in [-0.25, -0.2) is 15.0 Å². The summed E-state index contributed by atoms with van der Waals surface area (Å²) in [5, 5.41) is 18.3. The van der Waals surface area contributed by atoms with Crippen LogP contribution in [-0.2, 0) is 4.57 Å².